The van der Waals surface area contributed by atoms with E-state index in [4.69, 9.17) is 4.42 Å². The third kappa shape index (κ3) is 2.56. The fourth-order valence-electron chi connectivity index (χ4n) is 3.08. The summed E-state index contributed by atoms with van der Waals surface area (Å²) in [6.45, 7) is 3.68. The summed E-state index contributed by atoms with van der Waals surface area (Å²) in [5, 5.41) is 5.48. The molecule has 1 heterocycles. The molecular weight excluding hydrogens is 317 g/mol. The highest BCUT2D eigenvalue weighted by molar-refractivity contribution is 6.11. The first-order valence-electron chi connectivity index (χ1n) is 8.03. The SMILES string of the molecule is Cc1ccc(F)c(NC(=O)c2oc3c(ccc4ccccc43)c2C)c1. The summed E-state index contributed by atoms with van der Waals surface area (Å²) in [6.07, 6.45) is 0. The average Bonchev–Trinajstić information content (AvgIpc) is 2.95. The van der Waals surface area contributed by atoms with Crippen LogP contribution >= 0.6 is 0 Å². The van der Waals surface area contributed by atoms with Gasteiger partial charge in [0.25, 0.3) is 5.91 Å². The lowest BCUT2D eigenvalue weighted by atomic mass is 10.1. The molecule has 0 fully saturated rings. The summed E-state index contributed by atoms with van der Waals surface area (Å²) < 4.78 is 19.8. The zero-order chi connectivity index (χ0) is 17.6. The van der Waals surface area contributed by atoms with Gasteiger partial charge in [-0.05, 0) is 36.9 Å². The number of fused-ring (bicyclic) bond motifs is 3. The Kier molecular flexibility index (Phi) is 3.53. The summed E-state index contributed by atoms with van der Waals surface area (Å²) in [5.74, 6) is -0.729. The van der Waals surface area contributed by atoms with Crippen molar-refractivity contribution in [3.63, 3.8) is 0 Å². The van der Waals surface area contributed by atoms with Gasteiger partial charge in [0.2, 0.25) is 0 Å². The normalized spacial score (nSPS) is 11.2. The minimum Gasteiger partial charge on any atom is -0.450 e. The number of rotatable bonds is 2. The second-order valence-electron chi connectivity index (χ2n) is 6.16. The van der Waals surface area contributed by atoms with Gasteiger partial charge in [-0.3, -0.25) is 4.79 Å². The lowest BCUT2D eigenvalue weighted by molar-refractivity contribution is 0.0997. The Morgan fingerprint density at radius 1 is 1.00 bits per heavy atom. The van der Waals surface area contributed by atoms with E-state index in [1.54, 1.807) is 12.1 Å². The molecular formula is C21H16FNO2. The summed E-state index contributed by atoms with van der Waals surface area (Å²) in [5.41, 5.74) is 2.43. The van der Waals surface area contributed by atoms with E-state index in [0.29, 0.717) is 5.58 Å². The van der Waals surface area contributed by atoms with Gasteiger partial charge in [0.1, 0.15) is 11.4 Å². The number of carbonyl (C=O) groups is 1. The molecule has 0 radical (unpaired) electrons. The Balaban J connectivity index is 1.81. The van der Waals surface area contributed by atoms with Gasteiger partial charge in [-0.1, -0.05) is 42.5 Å². The molecule has 25 heavy (non-hydrogen) atoms. The summed E-state index contributed by atoms with van der Waals surface area (Å²) in [6, 6.07) is 16.4. The van der Waals surface area contributed by atoms with E-state index < -0.39 is 11.7 Å². The minimum atomic E-state index is -0.474. The summed E-state index contributed by atoms with van der Waals surface area (Å²) >= 11 is 0. The van der Waals surface area contributed by atoms with Crippen LogP contribution in [0.15, 0.2) is 59.0 Å². The van der Waals surface area contributed by atoms with Crippen LogP contribution in [0.1, 0.15) is 21.7 Å². The number of halogens is 1. The first kappa shape index (κ1) is 15.4. The second kappa shape index (κ2) is 5.74. The predicted octanol–water partition coefficient (Wildman–Crippen LogP) is 5.59. The van der Waals surface area contributed by atoms with Crippen LogP contribution in [0, 0.1) is 19.7 Å². The number of hydrogen-bond acceptors (Lipinski definition) is 2. The third-order valence-electron chi connectivity index (χ3n) is 4.40. The number of benzene rings is 3. The van der Waals surface area contributed by atoms with Gasteiger partial charge >= 0.3 is 0 Å². The zero-order valence-corrected chi connectivity index (χ0v) is 13.9. The van der Waals surface area contributed by atoms with Crippen molar-refractivity contribution in [1.82, 2.24) is 0 Å². The van der Waals surface area contributed by atoms with Crippen molar-refractivity contribution >= 4 is 33.3 Å². The quantitative estimate of drug-likeness (QED) is 0.519. The van der Waals surface area contributed by atoms with Crippen LogP contribution < -0.4 is 5.32 Å². The largest absolute Gasteiger partial charge is 0.450 e. The molecule has 0 aliphatic heterocycles. The van der Waals surface area contributed by atoms with Crippen molar-refractivity contribution in [1.29, 1.82) is 0 Å². The highest BCUT2D eigenvalue weighted by atomic mass is 19.1. The summed E-state index contributed by atoms with van der Waals surface area (Å²) in [4.78, 5) is 12.6. The van der Waals surface area contributed by atoms with Gasteiger partial charge in [-0.15, -0.1) is 0 Å². The maximum absolute atomic E-state index is 13.9. The lowest BCUT2D eigenvalue weighted by Crippen LogP contribution is -2.13. The van der Waals surface area contributed by atoms with Crippen LogP contribution in [0.3, 0.4) is 0 Å². The maximum atomic E-state index is 13.9. The Hall–Kier alpha value is -3.14. The molecule has 3 nitrogen and oxygen atoms in total. The van der Waals surface area contributed by atoms with E-state index in [9.17, 15) is 9.18 Å². The Morgan fingerprint density at radius 3 is 2.64 bits per heavy atom. The van der Waals surface area contributed by atoms with Crippen LogP contribution in [0.25, 0.3) is 21.7 Å². The fraction of sp³-hybridized carbons (Fsp3) is 0.0952. The van der Waals surface area contributed by atoms with Gasteiger partial charge in [-0.25, -0.2) is 4.39 Å². The van der Waals surface area contributed by atoms with Crippen LogP contribution in [0.4, 0.5) is 10.1 Å². The number of carbonyl (C=O) groups excluding carboxylic acids is 1. The number of amides is 1. The Labute approximate surface area is 144 Å². The highest BCUT2D eigenvalue weighted by Crippen LogP contribution is 2.32. The molecule has 0 atom stereocenters. The maximum Gasteiger partial charge on any atom is 0.291 e. The average molecular weight is 333 g/mol. The number of furan rings is 1. The van der Waals surface area contributed by atoms with Crippen LogP contribution in [-0.2, 0) is 0 Å². The molecule has 0 aliphatic rings. The molecule has 4 aromatic rings. The van der Waals surface area contributed by atoms with Gasteiger partial charge in [0.15, 0.2) is 5.76 Å². The van der Waals surface area contributed by atoms with Crippen LogP contribution in [0.2, 0.25) is 0 Å². The fourth-order valence-corrected chi connectivity index (χ4v) is 3.08. The van der Waals surface area contributed by atoms with Crippen molar-refractivity contribution in [2.45, 2.75) is 13.8 Å². The zero-order valence-electron chi connectivity index (χ0n) is 13.9. The van der Waals surface area contributed by atoms with Crippen molar-refractivity contribution in [3.05, 3.63) is 77.3 Å². The van der Waals surface area contributed by atoms with E-state index in [1.807, 2.05) is 50.2 Å². The van der Waals surface area contributed by atoms with Gasteiger partial charge in [0, 0.05) is 16.3 Å². The molecule has 0 saturated heterocycles. The second-order valence-corrected chi connectivity index (χ2v) is 6.16. The van der Waals surface area contributed by atoms with Crippen molar-refractivity contribution in [2.24, 2.45) is 0 Å². The molecule has 4 heteroatoms. The van der Waals surface area contributed by atoms with Gasteiger partial charge in [0.05, 0.1) is 5.69 Å². The Morgan fingerprint density at radius 2 is 1.80 bits per heavy atom. The molecule has 1 aromatic heterocycles. The Bertz CT molecular complexity index is 1130. The standard InChI is InChI=1S/C21H16FNO2/c1-12-7-10-17(22)18(11-12)23-21(24)19-13(2)15-9-8-14-5-3-4-6-16(14)20(15)25-19/h3-11H,1-2H3,(H,23,24). The number of aryl methyl sites for hydroxylation is 2. The minimum absolute atomic E-state index is 0.148. The summed E-state index contributed by atoms with van der Waals surface area (Å²) in [7, 11) is 0. The smallest absolute Gasteiger partial charge is 0.291 e. The van der Waals surface area contributed by atoms with Crippen LogP contribution in [0.5, 0.6) is 0 Å². The molecule has 1 amide bonds. The van der Waals surface area contributed by atoms with E-state index in [2.05, 4.69) is 5.32 Å². The predicted molar refractivity (Wildman–Crippen MR) is 97.5 cm³/mol. The first-order chi connectivity index (χ1) is 12.0. The van der Waals surface area contributed by atoms with E-state index in [0.717, 1.165) is 27.3 Å². The van der Waals surface area contributed by atoms with Crippen molar-refractivity contribution in [2.75, 3.05) is 5.32 Å². The van der Waals surface area contributed by atoms with E-state index >= 15 is 0 Å². The van der Waals surface area contributed by atoms with E-state index in [1.165, 1.54) is 6.07 Å². The van der Waals surface area contributed by atoms with Crippen LogP contribution in [-0.4, -0.2) is 5.91 Å². The first-order valence-corrected chi connectivity index (χ1v) is 8.03. The van der Waals surface area contributed by atoms with E-state index in [-0.39, 0.29) is 11.4 Å². The lowest BCUT2D eigenvalue weighted by Gasteiger charge is -2.06. The molecule has 4 rings (SSSR count). The molecule has 124 valence electrons. The topological polar surface area (TPSA) is 42.2 Å². The van der Waals surface area contributed by atoms with Gasteiger partial charge in [-0.2, -0.15) is 0 Å². The number of hydrogen-bond donors (Lipinski definition) is 1. The third-order valence-corrected chi connectivity index (χ3v) is 4.40. The molecule has 0 spiro atoms. The molecule has 0 saturated carbocycles. The molecule has 0 unspecified atom stereocenters. The van der Waals surface area contributed by atoms with Gasteiger partial charge < -0.3 is 9.73 Å². The highest BCUT2D eigenvalue weighted by Gasteiger charge is 2.20. The van der Waals surface area contributed by atoms with Crippen molar-refractivity contribution in [3.8, 4) is 0 Å². The monoisotopic (exact) mass is 333 g/mol. The number of nitrogens with one attached hydrogen (secondary N) is 1. The van der Waals surface area contributed by atoms with Crippen molar-refractivity contribution < 1.29 is 13.6 Å². The molecule has 0 bridgehead atoms. The number of anilines is 1. The molecule has 0 aliphatic carbocycles. The molecule has 3 aromatic carbocycles. The molecule has 1 N–H and O–H groups in total.